The molecule has 2 heterocycles. The maximum atomic E-state index is 12.2. The van der Waals surface area contributed by atoms with Crippen LogP contribution >= 0.6 is 0 Å². The van der Waals surface area contributed by atoms with Crippen LogP contribution in [0.1, 0.15) is 31.2 Å². The Morgan fingerprint density at radius 2 is 2.22 bits per heavy atom. The molecule has 0 spiro atoms. The van der Waals surface area contributed by atoms with E-state index in [2.05, 4.69) is 4.98 Å². The number of hydrogen-bond donors (Lipinski definition) is 3. The number of nitrogens with zero attached hydrogens (tertiary/aromatic N) is 1. The molecule has 0 bridgehead atoms. The van der Waals surface area contributed by atoms with Gasteiger partial charge in [-0.05, 0) is 30.9 Å². The van der Waals surface area contributed by atoms with Gasteiger partial charge < -0.3 is 20.5 Å². The Morgan fingerprint density at radius 3 is 2.83 bits per heavy atom. The Morgan fingerprint density at radius 1 is 1.43 bits per heavy atom. The molecule has 0 aliphatic carbocycles. The third-order valence-electron chi connectivity index (χ3n) is 4.05. The number of ketones is 1. The van der Waals surface area contributed by atoms with Crippen molar-refractivity contribution in [3.63, 3.8) is 0 Å². The molecule has 1 fully saturated rings. The molecule has 4 N–H and O–H groups in total. The molecule has 1 aromatic heterocycles. The van der Waals surface area contributed by atoms with Gasteiger partial charge in [-0.15, -0.1) is 0 Å². The lowest BCUT2D eigenvalue weighted by atomic mass is 9.64. The maximum absolute atomic E-state index is 12.2. The van der Waals surface area contributed by atoms with Gasteiger partial charge >= 0.3 is 13.1 Å². The number of carboxylic acids is 1. The highest BCUT2D eigenvalue weighted by atomic mass is 16.5. The first-order valence-electron chi connectivity index (χ1n) is 7.68. The van der Waals surface area contributed by atoms with Crippen molar-refractivity contribution in [2.75, 3.05) is 0 Å². The molecule has 0 saturated carbocycles. The monoisotopic (exact) mass is 320 g/mol. The van der Waals surface area contributed by atoms with Gasteiger partial charge in [-0.2, -0.15) is 0 Å². The molecule has 124 valence electrons. The van der Waals surface area contributed by atoms with E-state index >= 15 is 0 Å². The number of rotatable bonds is 7. The third-order valence-corrected chi connectivity index (χ3v) is 4.05. The molecular formula is C15H21BN2O5. The van der Waals surface area contributed by atoms with Crippen LogP contribution < -0.4 is 5.73 Å². The first kappa shape index (κ1) is 17.6. The van der Waals surface area contributed by atoms with Gasteiger partial charge in [0.2, 0.25) is 0 Å². The normalized spacial score (nSPS) is 22.6. The van der Waals surface area contributed by atoms with Crippen molar-refractivity contribution in [3.8, 4) is 0 Å². The molecular weight excluding hydrogens is 299 g/mol. The smallest absolute Gasteiger partial charge is 0.458 e. The number of aliphatic carboxylic acids is 1. The summed E-state index contributed by atoms with van der Waals surface area (Å²) in [5, 5.41) is 18.7. The summed E-state index contributed by atoms with van der Waals surface area (Å²) in [4.78, 5) is 26.9. The molecule has 0 amide bonds. The fraction of sp³-hybridized carbons (Fsp3) is 0.533. The van der Waals surface area contributed by atoms with Crippen LogP contribution in [0.25, 0.3) is 0 Å². The quantitative estimate of drug-likeness (QED) is 0.622. The van der Waals surface area contributed by atoms with E-state index in [1.54, 1.807) is 18.5 Å². The molecule has 2 rings (SSSR count). The van der Waals surface area contributed by atoms with Crippen molar-refractivity contribution in [1.29, 1.82) is 0 Å². The molecule has 1 unspecified atom stereocenters. The van der Waals surface area contributed by atoms with Crippen LogP contribution in [0.4, 0.5) is 0 Å². The third kappa shape index (κ3) is 5.42. The topological polar surface area (TPSA) is 123 Å². The Labute approximate surface area is 135 Å². The number of carbonyl (C=O) groups is 2. The van der Waals surface area contributed by atoms with Crippen molar-refractivity contribution >= 4 is 18.9 Å². The minimum Gasteiger partial charge on any atom is -0.481 e. The van der Waals surface area contributed by atoms with Crippen molar-refractivity contribution in [1.82, 2.24) is 4.98 Å². The fourth-order valence-electron chi connectivity index (χ4n) is 2.76. The highest BCUT2D eigenvalue weighted by Gasteiger charge is 2.37. The predicted molar refractivity (Wildman–Crippen MR) is 83.6 cm³/mol. The molecule has 0 radical (unpaired) electrons. The number of pyridine rings is 1. The lowest BCUT2D eigenvalue weighted by Gasteiger charge is -2.30. The van der Waals surface area contributed by atoms with E-state index in [9.17, 15) is 14.6 Å². The first-order chi connectivity index (χ1) is 11.0. The summed E-state index contributed by atoms with van der Waals surface area (Å²) in [5.41, 5.74) is 6.81. The van der Waals surface area contributed by atoms with E-state index in [0.717, 1.165) is 5.56 Å². The number of aromatic nitrogens is 1. The zero-order valence-electron chi connectivity index (χ0n) is 12.8. The summed E-state index contributed by atoms with van der Waals surface area (Å²) in [6.07, 6.45) is 4.27. The SMILES string of the molecule is NC(Cc1cccnc1)C(=O)C[C@H]1CC[C@@H](CC(=O)O)OB1O. The fourth-order valence-corrected chi connectivity index (χ4v) is 2.76. The summed E-state index contributed by atoms with van der Waals surface area (Å²) >= 11 is 0. The molecule has 1 saturated heterocycles. The van der Waals surface area contributed by atoms with Gasteiger partial charge in [-0.25, -0.2) is 0 Å². The van der Waals surface area contributed by atoms with Gasteiger partial charge in [0.25, 0.3) is 0 Å². The Hall–Kier alpha value is -1.77. The van der Waals surface area contributed by atoms with Crippen LogP contribution in [0.15, 0.2) is 24.5 Å². The second kappa shape index (κ2) is 8.19. The van der Waals surface area contributed by atoms with Gasteiger partial charge in [0.05, 0.1) is 18.6 Å². The molecule has 1 aliphatic heterocycles. The number of Topliss-reactive ketones (excluding diaryl/α,β-unsaturated/α-hetero) is 1. The van der Waals surface area contributed by atoms with Gasteiger partial charge in [0, 0.05) is 24.6 Å². The summed E-state index contributed by atoms with van der Waals surface area (Å²) in [7, 11) is -1.12. The van der Waals surface area contributed by atoms with Crippen molar-refractivity contribution in [3.05, 3.63) is 30.1 Å². The van der Waals surface area contributed by atoms with E-state index in [0.29, 0.717) is 19.3 Å². The average molecular weight is 320 g/mol. The van der Waals surface area contributed by atoms with Crippen LogP contribution in [0.5, 0.6) is 0 Å². The van der Waals surface area contributed by atoms with Crippen LogP contribution in [0.2, 0.25) is 5.82 Å². The highest BCUT2D eigenvalue weighted by Crippen LogP contribution is 2.31. The highest BCUT2D eigenvalue weighted by molar-refractivity contribution is 6.45. The molecule has 1 aromatic rings. The van der Waals surface area contributed by atoms with E-state index in [1.807, 2.05) is 6.07 Å². The zero-order chi connectivity index (χ0) is 16.8. The Balaban J connectivity index is 1.82. The number of carbonyl (C=O) groups excluding carboxylic acids is 1. The molecule has 8 heteroatoms. The summed E-state index contributed by atoms with van der Waals surface area (Å²) in [5.74, 6) is -1.44. The number of nitrogens with two attached hydrogens (primary N) is 1. The van der Waals surface area contributed by atoms with E-state index in [1.165, 1.54) is 0 Å². The largest absolute Gasteiger partial charge is 0.481 e. The maximum Gasteiger partial charge on any atom is 0.458 e. The van der Waals surface area contributed by atoms with Gasteiger partial charge in [0.1, 0.15) is 5.78 Å². The zero-order valence-corrected chi connectivity index (χ0v) is 12.8. The van der Waals surface area contributed by atoms with E-state index < -0.39 is 25.2 Å². The summed E-state index contributed by atoms with van der Waals surface area (Å²) in [6.45, 7) is 0. The Bertz CT molecular complexity index is 542. The van der Waals surface area contributed by atoms with Gasteiger partial charge in [0.15, 0.2) is 0 Å². The first-order valence-corrected chi connectivity index (χ1v) is 7.68. The van der Waals surface area contributed by atoms with Crippen LogP contribution in [-0.2, 0) is 20.7 Å². The minimum absolute atomic E-state index is 0.127. The predicted octanol–water partition coefficient (Wildman–Crippen LogP) is 0.415. The summed E-state index contributed by atoms with van der Waals surface area (Å²) in [6, 6.07) is 2.99. The van der Waals surface area contributed by atoms with E-state index in [-0.39, 0.29) is 24.4 Å². The molecule has 23 heavy (non-hydrogen) atoms. The van der Waals surface area contributed by atoms with Crippen LogP contribution in [0, 0.1) is 0 Å². The average Bonchev–Trinajstić information content (AvgIpc) is 2.50. The minimum atomic E-state index is -1.12. The number of hydrogen-bond acceptors (Lipinski definition) is 6. The second-order valence-electron chi connectivity index (χ2n) is 5.93. The Kier molecular flexibility index (Phi) is 6.26. The summed E-state index contributed by atoms with van der Waals surface area (Å²) < 4.78 is 5.28. The molecule has 0 aromatic carbocycles. The number of carboxylic acid groups (broad SMARTS) is 1. The van der Waals surface area contributed by atoms with Crippen molar-refractivity contribution in [2.45, 2.75) is 50.1 Å². The second-order valence-corrected chi connectivity index (χ2v) is 5.93. The van der Waals surface area contributed by atoms with Crippen LogP contribution in [0.3, 0.4) is 0 Å². The molecule has 7 nitrogen and oxygen atoms in total. The molecule has 3 atom stereocenters. The lowest BCUT2D eigenvalue weighted by molar-refractivity contribution is -0.139. The standard InChI is InChI=1S/C15H21BN2O5/c17-13(6-10-2-1-5-18-9-10)14(19)7-11-3-4-12(8-15(20)21)23-16(11)22/h1-2,5,9,11-13,22H,3-4,6-8,17H2,(H,20,21)/t11-,12+,13?/m1/s1. The van der Waals surface area contributed by atoms with Crippen molar-refractivity contribution < 1.29 is 24.4 Å². The van der Waals surface area contributed by atoms with Gasteiger partial charge in [-0.1, -0.05) is 6.07 Å². The van der Waals surface area contributed by atoms with Crippen LogP contribution in [-0.4, -0.2) is 46.1 Å². The van der Waals surface area contributed by atoms with Gasteiger partial charge in [-0.3, -0.25) is 14.6 Å². The molecule has 1 aliphatic rings. The lowest BCUT2D eigenvalue weighted by Crippen LogP contribution is -2.40. The van der Waals surface area contributed by atoms with E-state index in [4.69, 9.17) is 15.5 Å². The van der Waals surface area contributed by atoms with Crippen molar-refractivity contribution in [2.24, 2.45) is 5.73 Å².